The van der Waals surface area contributed by atoms with Gasteiger partial charge in [-0.15, -0.1) is 11.3 Å². The number of carbonyl (C=O) groups excluding carboxylic acids is 1. The average molecular weight is 321 g/mol. The molecule has 0 fully saturated rings. The van der Waals surface area contributed by atoms with Crippen molar-refractivity contribution in [3.8, 4) is 16.9 Å². The van der Waals surface area contributed by atoms with E-state index >= 15 is 0 Å². The number of rotatable bonds is 6. The van der Waals surface area contributed by atoms with Gasteiger partial charge in [-0.25, -0.2) is 9.59 Å². The number of carboxylic acids is 1. The molecule has 0 radical (unpaired) electrons. The van der Waals surface area contributed by atoms with Crippen LogP contribution in [-0.4, -0.2) is 30.3 Å². The minimum Gasteiger partial charge on any atom is -0.482 e. The first-order valence-electron chi connectivity index (χ1n) is 6.52. The third-order valence-corrected chi connectivity index (χ3v) is 3.67. The zero-order valence-corrected chi connectivity index (χ0v) is 12.7. The summed E-state index contributed by atoms with van der Waals surface area (Å²) in [5, 5.41) is 11.2. The van der Waals surface area contributed by atoms with Crippen molar-refractivity contribution in [2.75, 3.05) is 18.9 Å². The largest absolute Gasteiger partial charge is 0.482 e. The number of carboxylic acid groups (broad SMARTS) is 1. The Kier molecular flexibility index (Phi) is 5.00. The Morgan fingerprint density at radius 1 is 1.27 bits per heavy atom. The van der Waals surface area contributed by atoms with Crippen molar-refractivity contribution >= 4 is 28.3 Å². The van der Waals surface area contributed by atoms with Crippen molar-refractivity contribution in [3.05, 3.63) is 35.2 Å². The molecule has 0 aliphatic rings. The zero-order chi connectivity index (χ0) is 16.1. The van der Waals surface area contributed by atoms with E-state index in [1.165, 1.54) is 11.3 Å². The molecule has 7 heteroatoms. The van der Waals surface area contributed by atoms with Gasteiger partial charge in [0.25, 0.3) is 0 Å². The minimum atomic E-state index is -1.06. The van der Waals surface area contributed by atoms with Gasteiger partial charge in [0.2, 0.25) is 0 Å². The number of anilines is 1. The number of carbonyl (C=O) groups is 2. The van der Waals surface area contributed by atoms with Gasteiger partial charge in [0.15, 0.2) is 6.61 Å². The first-order valence-corrected chi connectivity index (χ1v) is 7.40. The summed E-state index contributed by atoms with van der Waals surface area (Å²) in [6.07, 6.45) is 0. The van der Waals surface area contributed by atoms with Gasteiger partial charge in [-0.05, 0) is 24.6 Å². The fraction of sp³-hybridized carbons (Fsp3) is 0.200. The topological polar surface area (TPSA) is 98.9 Å². The Morgan fingerprint density at radius 3 is 2.55 bits per heavy atom. The first-order chi connectivity index (χ1) is 10.5. The fourth-order valence-corrected chi connectivity index (χ4v) is 2.70. The number of hydrogen-bond acceptors (Lipinski definition) is 6. The van der Waals surface area contributed by atoms with Gasteiger partial charge in [-0.3, -0.25) is 0 Å². The van der Waals surface area contributed by atoms with E-state index in [4.69, 9.17) is 15.2 Å². The van der Waals surface area contributed by atoms with Crippen molar-refractivity contribution < 1.29 is 24.2 Å². The number of benzene rings is 1. The van der Waals surface area contributed by atoms with Crippen LogP contribution in [0.5, 0.6) is 5.75 Å². The lowest BCUT2D eigenvalue weighted by molar-refractivity contribution is -0.145. The second-order valence-electron chi connectivity index (χ2n) is 4.31. The van der Waals surface area contributed by atoms with Gasteiger partial charge in [-0.2, -0.15) is 0 Å². The minimum absolute atomic E-state index is 0.102. The van der Waals surface area contributed by atoms with E-state index in [9.17, 15) is 14.7 Å². The van der Waals surface area contributed by atoms with E-state index in [1.54, 1.807) is 36.6 Å². The maximum absolute atomic E-state index is 11.2. The molecule has 0 bridgehead atoms. The van der Waals surface area contributed by atoms with E-state index in [1.807, 2.05) is 0 Å². The monoisotopic (exact) mass is 321 g/mol. The molecular formula is C15H15NO5S. The Bertz CT molecular complexity index is 678. The lowest BCUT2D eigenvalue weighted by Gasteiger charge is -2.07. The quantitative estimate of drug-likeness (QED) is 0.794. The number of aromatic carboxylic acids is 1. The highest BCUT2D eigenvalue weighted by Gasteiger charge is 2.17. The molecule has 0 amide bonds. The summed E-state index contributed by atoms with van der Waals surface area (Å²) < 4.78 is 10.0. The zero-order valence-electron chi connectivity index (χ0n) is 11.9. The molecule has 116 valence electrons. The van der Waals surface area contributed by atoms with Gasteiger partial charge >= 0.3 is 11.9 Å². The normalized spacial score (nSPS) is 10.2. The number of esters is 1. The second kappa shape index (κ2) is 6.95. The summed E-state index contributed by atoms with van der Waals surface area (Å²) >= 11 is 1.18. The highest BCUT2D eigenvalue weighted by molar-refractivity contribution is 7.14. The molecule has 0 aliphatic heterocycles. The number of hydrogen-bond donors (Lipinski definition) is 2. The van der Waals surface area contributed by atoms with E-state index in [0.29, 0.717) is 23.5 Å². The molecule has 3 N–H and O–H groups in total. The summed E-state index contributed by atoms with van der Waals surface area (Å²) in [4.78, 5) is 22.4. The van der Waals surface area contributed by atoms with Crippen LogP contribution in [0, 0.1) is 0 Å². The number of ether oxygens (including phenoxy) is 2. The summed E-state index contributed by atoms with van der Waals surface area (Å²) in [5.41, 5.74) is 7.06. The summed E-state index contributed by atoms with van der Waals surface area (Å²) in [6, 6.07) is 6.75. The lowest BCUT2D eigenvalue weighted by atomic mass is 10.0. The number of nitrogens with two attached hydrogens (primary N) is 1. The predicted molar refractivity (Wildman–Crippen MR) is 83.3 cm³/mol. The molecule has 0 spiro atoms. The Labute approximate surface area is 131 Å². The van der Waals surface area contributed by atoms with Crippen molar-refractivity contribution in [2.24, 2.45) is 0 Å². The molecule has 1 heterocycles. The van der Waals surface area contributed by atoms with Crippen LogP contribution in [0.3, 0.4) is 0 Å². The third-order valence-electron chi connectivity index (χ3n) is 2.86. The molecule has 1 aromatic carbocycles. The molecule has 2 aromatic rings. The van der Waals surface area contributed by atoms with Crippen LogP contribution in [0.15, 0.2) is 29.6 Å². The van der Waals surface area contributed by atoms with E-state index in [-0.39, 0.29) is 17.2 Å². The van der Waals surface area contributed by atoms with Crippen LogP contribution in [-0.2, 0) is 9.53 Å². The SMILES string of the molecule is CCOC(=O)COc1ccc(-c2csc(N)c2C(=O)O)cc1. The molecule has 22 heavy (non-hydrogen) atoms. The summed E-state index contributed by atoms with van der Waals surface area (Å²) in [5.74, 6) is -1.00. The first kappa shape index (κ1) is 15.8. The van der Waals surface area contributed by atoms with Gasteiger partial charge in [0.05, 0.1) is 6.61 Å². The van der Waals surface area contributed by atoms with E-state index in [2.05, 4.69) is 0 Å². The Hall–Kier alpha value is -2.54. The standard InChI is InChI=1S/C15H15NO5S/c1-2-20-12(17)7-21-10-5-3-9(4-6-10)11-8-22-14(16)13(11)15(18)19/h3-6,8H,2,7,16H2,1H3,(H,18,19). The van der Waals surface area contributed by atoms with Crippen LogP contribution in [0.4, 0.5) is 5.00 Å². The van der Waals surface area contributed by atoms with Gasteiger partial charge in [0, 0.05) is 10.9 Å². The maximum atomic E-state index is 11.2. The highest BCUT2D eigenvalue weighted by Crippen LogP contribution is 2.34. The van der Waals surface area contributed by atoms with Crippen LogP contribution >= 0.6 is 11.3 Å². The van der Waals surface area contributed by atoms with Crippen LogP contribution in [0.2, 0.25) is 0 Å². The molecule has 6 nitrogen and oxygen atoms in total. The molecule has 0 atom stereocenters. The van der Waals surface area contributed by atoms with E-state index < -0.39 is 11.9 Å². The van der Waals surface area contributed by atoms with Crippen LogP contribution < -0.4 is 10.5 Å². The van der Waals surface area contributed by atoms with Crippen molar-refractivity contribution in [3.63, 3.8) is 0 Å². The smallest absolute Gasteiger partial charge is 0.344 e. The highest BCUT2D eigenvalue weighted by atomic mass is 32.1. The van der Waals surface area contributed by atoms with Crippen LogP contribution in [0.25, 0.3) is 11.1 Å². The third kappa shape index (κ3) is 3.56. The van der Waals surface area contributed by atoms with E-state index in [0.717, 1.165) is 0 Å². The average Bonchev–Trinajstić information content (AvgIpc) is 2.88. The maximum Gasteiger partial charge on any atom is 0.344 e. The van der Waals surface area contributed by atoms with Crippen LogP contribution in [0.1, 0.15) is 17.3 Å². The number of thiophene rings is 1. The number of nitrogen functional groups attached to an aromatic ring is 1. The Morgan fingerprint density at radius 2 is 1.95 bits per heavy atom. The molecule has 1 aromatic heterocycles. The summed E-state index contributed by atoms with van der Waals surface area (Å²) in [7, 11) is 0. The van der Waals surface area contributed by atoms with Crippen molar-refractivity contribution in [1.29, 1.82) is 0 Å². The van der Waals surface area contributed by atoms with Crippen molar-refractivity contribution in [2.45, 2.75) is 6.92 Å². The van der Waals surface area contributed by atoms with Gasteiger partial charge in [0.1, 0.15) is 16.3 Å². The summed E-state index contributed by atoms with van der Waals surface area (Å²) in [6.45, 7) is 1.86. The lowest BCUT2D eigenvalue weighted by Crippen LogP contribution is -2.14. The molecule has 0 saturated carbocycles. The molecule has 0 aliphatic carbocycles. The molecule has 0 unspecified atom stereocenters. The van der Waals surface area contributed by atoms with Gasteiger partial charge < -0.3 is 20.3 Å². The van der Waals surface area contributed by atoms with Gasteiger partial charge in [-0.1, -0.05) is 12.1 Å². The predicted octanol–water partition coefficient (Wildman–Crippen LogP) is 2.64. The fourth-order valence-electron chi connectivity index (χ4n) is 1.88. The second-order valence-corrected chi connectivity index (χ2v) is 5.22. The Balaban J connectivity index is 2.12. The van der Waals surface area contributed by atoms with Crippen molar-refractivity contribution in [1.82, 2.24) is 0 Å². The molecular weight excluding hydrogens is 306 g/mol. The molecule has 2 rings (SSSR count). The molecule has 0 saturated heterocycles.